The Labute approximate surface area is 149 Å². The van der Waals surface area contributed by atoms with Crippen LogP contribution in [0.1, 0.15) is 18.9 Å². The van der Waals surface area contributed by atoms with Crippen molar-refractivity contribution in [1.29, 1.82) is 0 Å². The van der Waals surface area contributed by atoms with E-state index >= 15 is 0 Å². The van der Waals surface area contributed by atoms with Crippen molar-refractivity contribution in [3.05, 3.63) is 66.2 Å². The van der Waals surface area contributed by atoms with Crippen molar-refractivity contribution in [3.8, 4) is 5.75 Å². The molecule has 1 N–H and O–H groups in total. The fourth-order valence-corrected chi connectivity index (χ4v) is 3.04. The minimum atomic E-state index is -0.171. The van der Waals surface area contributed by atoms with Crippen LogP contribution in [-0.4, -0.2) is 37.0 Å². The number of hydrogen-bond acceptors (Lipinski definition) is 3. The van der Waals surface area contributed by atoms with Crippen LogP contribution in [-0.2, 0) is 4.79 Å². The summed E-state index contributed by atoms with van der Waals surface area (Å²) in [5, 5.41) is 2.98. The van der Waals surface area contributed by atoms with Gasteiger partial charge in [0.25, 0.3) is 0 Å². The summed E-state index contributed by atoms with van der Waals surface area (Å²) in [5.74, 6) is 0.794. The highest BCUT2D eigenvalue weighted by molar-refractivity contribution is 5.94. The maximum atomic E-state index is 12.5. The minimum Gasteiger partial charge on any atom is -0.497 e. The summed E-state index contributed by atoms with van der Waals surface area (Å²) >= 11 is 0. The summed E-state index contributed by atoms with van der Waals surface area (Å²) in [7, 11) is 1.63. The van der Waals surface area contributed by atoms with E-state index in [1.165, 1.54) is 11.1 Å². The molecule has 1 aliphatic rings. The lowest BCUT2D eigenvalue weighted by Gasteiger charge is -2.31. The largest absolute Gasteiger partial charge is 0.497 e. The normalized spacial score (nSPS) is 16.0. The van der Waals surface area contributed by atoms with Gasteiger partial charge in [0.1, 0.15) is 5.75 Å². The number of methoxy groups -OCH3 is 1. The molecule has 0 unspecified atom stereocenters. The van der Waals surface area contributed by atoms with E-state index in [0.29, 0.717) is 0 Å². The number of rotatable bonds is 5. The van der Waals surface area contributed by atoms with Crippen molar-refractivity contribution in [2.45, 2.75) is 19.4 Å². The number of carbonyl (C=O) groups is 1. The Morgan fingerprint density at radius 3 is 2.44 bits per heavy atom. The van der Waals surface area contributed by atoms with E-state index in [-0.39, 0.29) is 11.9 Å². The first-order valence-electron chi connectivity index (χ1n) is 8.61. The second kappa shape index (κ2) is 7.99. The highest BCUT2D eigenvalue weighted by Gasteiger charge is 2.23. The number of benzene rings is 2. The molecule has 3 rings (SSSR count). The van der Waals surface area contributed by atoms with Gasteiger partial charge in [-0.1, -0.05) is 36.4 Å². The molecule has 0 aromatic heterocycles. The quantitative estimate of drug-likeness (QED) is 0.903. The third-order valence-corrected chi connectivity index (χ3v) is 4.67. The maximum absolute atomic E-state index is 12.5. The summed E-state index contributed by atoms with van der Waals surface area (Å²) in [4.78, 5) is 14.7. The van der Waals surface area contributed by atoms with Crippen LogP contribution in [0.25, 0.3) is 5.57 Å². The molecule has 4 nitrogen and oxygen atoms in total. The van der Waals surface area contributed by atoms with Gasteiger partial charge in [-0.3, -0.25) is 9.69 Å². The number of ether oxygens (including phenoxy) is 1. The average molecular weight is 336 g/mol. The molecule has 1 aliphatic heterocycles. The van der Waals surface area contributed by atoms with Gasteiger partial charge in [-0.05, 0) is 48.7 Å². The third kappa shape index (κ3) is 4.28. The third-order valence-electron chi connectivity index (χ3n) is 4.67. The molecule has 130 valence electrons. The van der Waals surface area contributed by atoms with Crippen molar-refractivity contribution in [3.63, 3.8) is 0 Å². The van der Waals surface area contributed by atoms with Crippen LogP contribution >= 0.6 is 0 Å². The molecule has 2 aromatic rings. The van der Waals surface area contributed by atoms with Gasteiger partial charge in [0, 0.05) is 18.8 Å². The lowest BCUT2D eigenvalue weighted by molar-refractivity contribution is -0.120. The van der Waals surface area contributed by atoms with E-state index in [9.17, 15) is 4.79 Å². The molecule has 0 fully saturated rings. The second-order valence-electron chi connectivity index (χ2n) is 6.23. The van der Waals surface area contributed by atoms with Crippen molar-refractivity contribution in [2.24, 2.45) is 0 Å². The van der Waals surface area contributed by atoms with Crippen LogP contribution in [0, 0.1) is 0 Å². The maximum Gasteiger partial charge on any atom is 0.241 e. The summed E-state index contributed by atoms with van der Waals surface area (Å²) in [6.07, 6.45) is 3.19. The van der Waals surface area contributed by atoms with Gasteiger partial charge in [-0.15, -0.1) is 0 Å². The summed E-state index contributed by atoms with van der Waals surface area (Å²) < 4.78 is 5.14. The van der Waals surface area contributed by atoms with Crippen molar-refractivity contribution in [1.82, 2.24) is 4.90 Å². The first-order chi connectivity index (χ1) is 12.2. The fraction of sp³-hybridized carbons (Fsp3) is 0.286. The van der Waals surface area contributed by atoms with Crippen molar-refractivity contribution in [2.75, 3.05) is 25.5 Å². The van der Waals surface area contributed by atoms with Crippen LogP contribution < -0.4 is 10.1 Å². The molecular formula is C21H24N2O2. The lowest BCUT2D eigenvalue weighted by Crippen LogP contribution is -2.44. The average Bonchev–Trinajstić information content (AvgIpc) is 2.69. The van der Waals surface area contributed by atoms with Gasteiger partial charge in [0.05, 0.1) is 13.2 Å². The van der Waals surface area contributed by atoms with Crippen LogP contribution in [0.5, 0.6) is 5.75 Å². The van der Waals surface area contributed by atoms with E-state index in [1.54, 1.807) is 7.11 Å². The highest BCUT2D eigenvalue weighted by atomic mass is 16.5. The molecule has 0 bridgehead atoms. The number of carbonyl (C=O) groups excluding carboxylic acids is 1. The smallest absolute Gasteiger partial charge is 0.241 e. The zero-order valence-electron chi connectivity index (χ0n) is 14.7. The molecule has 2 aromatic carbocycles. The molecule has 0 aliphatic carbocycles. The van der Waals surface area contributed by atoms with Crippen molar-refractivity contribution >= 4 is 17.2 Å². The SMILES string of the molecule is COc1ccc(NC(=O)[C@@H](C)N2CC=C(c3ccccc3)CC2)cc1. The first kappa shape index (κ1) is 17.2. The Morgan fingerprint density at radius 1 is 1.12 bits per heavy atom. The number of nitrogens with one attached hydrogen (secondary N) is 1. The predicted octanol–water partition coefficient (Wildman–Crippen LogP) is 3.81. The molecule has 0 saturated heterocycles. The van der Waals surface area contributed by atoms with Gasteiger partial charge in [-0.2, -0.15) is 0 Å². The minimum absolute atomic E-state index is 0.0155. The van der Waals surface area contributed by atoms with Gasteiger partial charge in [0.2, 0.25) is 5.91 Å². The standard InChI is InChI=1S/C21H24N2O2/c1-16(21(24)22-19-8-10-20(25-2)11-9-19)23-14-12-18(13-15-23)17-6-4-3-5-7-17/h3-12,16H,13-15H2,1-2H3,(H,22,24)/t16-/m1/s1. The Hall–Kier alpha value is -2.59. The van der Waals surface area contributed by atoms with Gasteiger partial charge in [0.15, 0.2) is 0 Å². The number of amides is 1. The molecule has 0 radical (unpaired) electrons. The molecule has 1 heterocycles. The first-order valence-corrected chi connectivity index (χ1v) is 8.61. The number of nitrogens with zero attached hydrogens (tertiary/aromatic N) is 1. The van der Waals surface area contributed by atoms with Gasteiger partial charge in [-0.25, -0.2) is 0 Å². The van der Waals surface area contributed by atoms with Gasteiger partial charge < -0.3 is 10.1 Å². The Balaban J connectivity index is 1.58. The van der Waals surface area contributed by atoms with Crippen molar-refractivity contribution < 1.29 is 9.53 Å². The molecule has 1 amide bonds. The zero-order valence-corrected chi connectivity index (χ0v) is 14.7. The summed E-state index contributed by atoms with van der Waals surface area (Å²) in [5.41, 5.74) is 3.42. The summed E-state index contributed by atoms with van der Waals surface area (Å²) in [6, 6.07) is 17.7. The van der Waals surface area contributed by atoms with Crippen LogP contribution in [0.15, 0.2) is 60.7 Å². The molecule has 25 heavy (non-hydrogen) atoms. The monoisotopic (exact) mass is 336 g/mol. The number of anilines is 1. The Kier molecular flexibility index (Phi) is 5.51. The topological polar surface area (TPSA) is 41.6 Å². The molecule has 1 atom stereocenters. The van der Waals surface area contributed by atoms with E-state index in [2.05, 4.69) is 40.6 Å². The number of hydrogen-bond donors (Lipinski definition) is 1. The van der Waals surface area contributed by atoms with Gasteiger partial charge >= 0.3 is 0 Å². The van der Waals surface area contributed by atoms with Crippen LogP contribution in [0.3, 0.4) is 0 Å². The van der Waals surface area contributed by atoms with Crippen LogP contribution in [0.4, 0.5) is 5.69 Å². The molecule has 4 heteroatoms. The Morgan fingerprint density at radius 2 is 1.84 bits per heavy atom. The fourth-order valence-electron chi connectivity index (χ4n) is 3.04. The highest BCUT2D eigenvalue weighted by Crippen LogP contribution is 2.23. The van der Waals surface area contributed by atoms with E-state index in [0.717, 1.165) is 30.9 Å². The predicted molar refractivity (Wildman–Crippen MR) is 102 cm³/mol. The molecule has 0 saturated carbocycles. The zero-order chi connectivity index (χ0) is 17.6. The van der Waals surface area contributed by atoms with E-state index < -0.39 is 0 Å². The molecular weight excluding hydrogens is 312 g/mol. The summed E-state index contributed by atoms with van der Waals surface area (Å²) in [6.45, 7) is 3.64. The van der Waals surface area contributed by atoms with Crippen LogP contribution in [0.2, 0.25) is 0 Å². The molecule has 0 spiro atoms. The second-order valence-corrected chi connectivity index (χ2v) is 6.23. The Bertz CT molecular complexity index is 738. The lowest BCUT2D eigenvalue weighted by atomic mass is 9.99. The van der Waals surface area contributed by atoms with E-state index in [4.69, 9.17) is 4.74 Å². The van der Waals surface area contributed by atoms with E-state index in [1.807, 2.05) is 37.3 Å².